The molecule has 1 amide bonds. The molecule has 2 aliphatic rings. The van der Waals surface area contributed by atoms with Crippen molar-refractivity contribution in [2.75, 3.05) is 13.2 Å². The lowest BCUT2D eigenvalue weighted by Gasteiger charge is -2.36. The van der Waals surface area contributed by atoms with Crippen molar-refractivity contribution in [1.82, 2.24) is 9.88 Å². The second kappa shape index (κ2) is 8.43. The first-order chi connectivity index (χ1) is 14.8. The fourth-order valence-corrected chi connectivity index (χ4v) is 4.19. The van der Waals surface area contributed by atoms with Crippen LogP contribution in [0.2, 0.25) is 0 Å². The molecule has 0 saturated heterocycles. The lowest BCUT2D eigenvalue weighted by molar-refractivity contribution is -0.144. The highest BCUT2D eigenvalue weighted by Crippen LogP contribution is 2.37. The quantitative estimate of drug-likeness (QED) is 0.736. The van der Waals surface area contributed by atoms with Crippen LogP contribution in [0.3, 0.4) is 0 Å². The zero-order chi connectivity index (χ0) is 22.1. The molecule has 0 unspecified atom stereocenters. The molecule has 1 aromatic heterocycles. The fourth-order valence-electron chi connectivity index (χ4n) is 4.19. The summed E-state index contributed by atoms with van der Waals surface area (Å²) in [6.07, 6.45) is 0.798. The van der Waals surface area contributed by atoms with Crippen molar-refractivity contribution in [3.8, 4) is 0 Å². The summed E-state index contributed by atoms with van der Waals surface area (Å²) >= 11 is 0. The van der Waals surface area contributed by atoms with Gasteiger partial charge in [0.1, 0.15) is 0 Å². The van der Waals surface area contributed by atoms with E-state index in [4.69, 9.17) is 10.5 Å². The number of amides is 1. The van der Waals surface area contributed by atoms with E-state index >= 15 is 0 Å². The van der Waals surface area contributed by atoms with E-state index in [9.17, 15) is 18.0 Å². The van der Waals surface area contributed by atoms with Crippen LogP contribution in [0.1, 0.15) is 28.8 Å². The van der Waals surface area contributed by atoms with Crippen molar-refractivity contribution in [2.24, 2.45) is 11.1 Å². The Hall–Kier alpha value is -2.71. The molecular formula is C23H24F3N3O2. The van der Waals surface area contributed by atoms with E-state index in [1.54, 1.807) is 17.1 Å². The lowest BCUT2D eigenvalue weighted by atomic mass is 9.85. The van der Waals surface area contributed by atoms with Gasteiger partial charge in [-0.2, -0.15) is 13.2 Å². The number of hydrogen-bond donors (Lipinski definition) is 1. The number of fused-ring (bicyclic) bond motifs is 1. The van der Waals surface area contributed by atoms with E-state index in [2.05, 4.69) is 4.98 Å². The molecule has 1 aliphatic carbocycles. The van der Waals surface area contributed by atoms with Gasteiger partial charge in [0.05, 0.1) is 24.2 Å². The molecule has 0 spiro atoms. The van der Waals surface area contributed by atoms with E-state index < -0.39 is 17.2 Å². The van der Waals surface area contributed by atoms with Gasteiger partial charge in [0.15, 0.2) is 0 Å². The number of aromatic nitrogens is 1. The summed E-state index contributed by atoms with van der Waals surface area (Å²) in [7, 11) is 0. The molecule has 5 nitrogen and oxygen atoms in total. The third-order valence-electron chi connectivity index (χ3n) is 5.81. The van der Waals surface area contributed by atoms with Gasteiger partial charge in [-0.15, -0.1) is 0 Å². The van der Waals surface area contributed by atoms with Crippen molar-refractivity contribution in [2.45, 2.75) is 38.2 Å². The molecule has 8 heteroatoms. The molecule has 164 valence electrons. The summed E-state index contributed by atoms with van der Waals surface area (Å²) in [6.45, 7) is 1.01. The van der Waals surface area contributed by atoms with Crippen LogP contribution in [0.15, 0.2) is 54.7 Å². The summed E-state index contributed by atoms with van der Waals surface area (Å²) in [6, 6.07) is 10.5. The second-order valence-electron chi connectivity index (χ2n) is 8.17. The third kappa shape index (κ3) is 4.65. The van der Waals surface area contributed by atoms with Gasteiger partial charge in [0, 0.05) is 37.4 Å². The highest BCUT2D eigenvalue weighted by atomic mass is 19.4. The molecule has 0 saturated carbocycles. The lowest BCUT2D eigenvalue weighted by Crippen LogP contribution is -2.47. The summed E-state index contributed by atoms with van der Waals surface area (Å²) in [5, 5.41) is 0. The summed E-state index contributed by atoms with van der Waals surface area (Å²) in [4.78, 5) is 19.1. The highest BCUT2D eigenvalue weighted by Gasteiger charge is 2.44. The van der Waals surface area contributed by atoms with Crippen molar-refractivity contribution in [3.05, 3.63) is 77.1 Å². The largest absolute Gasteiger partial charge is 0.417 e. The van der Waals surface area contributed by atoms with Crippen molar-refractivity contribution in [1.29, 1.82) is 0 Å². The molecule has 1 aliphatic heterocycles. The molecule has 2 atom stereocenters. The van der Waals surface area contributed by atoms with Gasteiger partial charge in [-0.05, 0) is 23.6 Å². The molecule has 4 rings (SSSR count). The first-order valence-electron chi connectivity index (χ1n) is 10.2. The van der Waals surface area contributed by atoms with Crippen LogP contribution in [0.5, 0.6) is 0 Å². The molecule has 0 radical (unpaired) electrons. The Morgan fingerprint density at radius 3 is 2.74 bits per heavy atom. The number of carbonyl (C=O) groups is 1. The van der Waals surface area contributed by atoms with E-state index in [-0.39, 0.29) is 25.1 Å². The van der Waals surface area contributed by atoms with E-state index in [1.165, 1.54) is 0 Å². The van der Waals surface area contributed by atoms with Crippen molar-refractivity contribution >= 4 is 5.91 Å². The van der Waals surface area contributed by atoms with Crippen LogP contribution in [0, 0.1) is 5.41 Å². The van der Waals surface area contributed by atoms with Gasteiger partial charge >= 0.3 is 6.18 Å². The molecule has 1 aromatic carbocycles. The fraction of sp³-hybridized carbons (Fsp3) is 0.391. The zero-order valence-electron chi connectivity index (χ0n) is 16.9. The number of nitrogens with two attached hydrogens (primary N) is 1. The SMILES string of the molecule is N[C@@H]1C=C[C@](COCc2ccccc2)(C(=O)N2CCc3ncc(C(F)(F)F)cc3C2)C1. The minimum Gasteiger partial charge on any atom is -0.375 e. The number of benzene rings is 1. The van der Waals surface area contributed by atoms with Gasteiger partial charge in [-0.1, -0.05) is 42.5 Å². The number of carbonyl (C=O) groups excluding carboxylic acids is 1. The van der Waals surface area contributed by atoms with Gasteiger partial charge in [-0.3, -0.25) is 9.78 Å². The van der Waals surface area contributed by atoms with Gasteiger partial charge in [-0.25, -0.2) is 0 Å². The number of pyridine rings is 1. The van der Waals surface area contributed by atoms with Gasteiger partial charge in [0.25, 0.3) is 0 Å². The molecule has 2 aromatic rings. The normalized spacial score (nSPS) is 23.1. The van der Waals surface area contributed by atoms with Crippen LogP contribution >= 0.6 is 0 Å². The zero-order valence-corrected chi connectivity index (χ0v) is 16.9. The van der Waals surface area contributed by atoms with Crippen molar-refractivity contribution < 1.29 is 22.7 Å². The third-order valence-corrected chi connectivity index (χ3v) is 5.81. The van der Waals surface area contributed by atoms with Crippen LogP contribution in [0.25, 0.3) is 0 Å². The topological polar surface area (TPSA) is 68.5 Å². The Morgan fingerprint density at radius 2 is 2.06 bits per heavy atom. The standard InChI is InChI=1S/C23H24F3N3O2/c24-23(25,26)18-10-17-13-29(9-7-20(17)28-12-18)21(30)22(8-6-19(27)11-22)15-31-14-16-4-2-1-3-5-16/h1-6,8,10,12,19H,7,9,11,13-15,27H2/t19-,22+/m1/s1. The van der Waals surface area contributed by atoms with Crippen LogP contribution < -0.4 is 5.73 Å². The average molecular weight is 431 g/mol. The number of rotatable bonds is 5. The monoisotopic (exact) mass is 431 g/mol. The molecule has 0 bridgehead atoms. The Labute approximate surface area is 178 Å². The van der Waals surface area contributed by atoms with Crippen LogP contribution in [0.4, 0.5) is 13.2 Å². The van der Waals surface area contributed by atoms with Crippen LogP contribution in [-0.4, -0.2) is 35.0 Å². The average Bonchev–Trinajstić information content (AvgIpc) is 3.14. The predicted molar refractivity (Wildman–Crippen MR) is 109 cm³/mol. The molecule has 2 heterocycles. The number of nitrogens with zero attached hydrogens (tertiary/aromatic N) is 2. The smallest absolute Gasteiger partial charge is 0.375 e. The molecule has 31 heavy (non-hydrogen) atoms. The van der Waals surface area contributed by atoms with Gasteiger partial charge < -0.3 is 15.4 Å². The van der Waals surface area contributed by atoms with E-state index in [1.807, 2.05) is 30.3 Å². The first kappa shape index (κ1) is 21.5. The predicted octanol–water partition coefficient (Wildman–Crippen LogP) is 3.48. The number of halogens is 3. The highest BCUT2D eigenvalue weighted by molar-refractivity contribution is 5.86. The van der Waals surface area contributed by atoms with Gasteiger partial charge in [0.2, 0.25) is 5.91 Å². The maximum Gasteiger partial charge on any atom is 0.417 e. The minimum absolute atomic E-state index is 0.0919. The van der Waals surface area contributed by atoms with Crippen molar-refractivity contribution in [3.63, 3.8) is 0 Å². The summed E-state index contributed by atoms with van der Waals surface area (Å²) in [5.74, 6) is -0.173. The minimum atomic E-state index is -4.47. The number of ether oxygens (including phenoxy) is 1. The Bertz CT molecular complexity index is 978. The number of alkyl halides is 3. The summed E-state index contributed by atoms with van der Waals surface area (Å²) < 4.78 is 45.1. The number of hydrogen-bond acceptors (Lipinski definition) is 4. The maximum absolute atomic E-state index is 13.5. The molecular weight excluding hydrogens is 407 g/mol. The second-order valence-corrected chi connectivity index (χ2v) is 8.17. The molecule has 2 N–H and O–H groups in total. The maximum atomic E-state index is 13.5. The Balaban J connectivity index is 1.50. The van der Waals surface area contributed by atoms with Crippen LogP contribution in [-0.2, 0) is 35.3 Å². The van der Waals surface area contributed by atoms with E-state index in [0.29, 0.717) is 37.3 Å². The summed E-state index contributed by atoms with van der Waals surface area (Å²) in [5.41, 5.74) is 6.37. The Morgan fingerprint density at radius 1 is 1.29 bits per heavy atom. The first-order valence-corrected chi connectivity index (χ1v) is 10.2. The van der Waals surface area contributed by atoms with E-state index in [0.717, 1.165) is 17.8 Å². The molecule has 0 fully saturated rings. The Kier molecular flexibility index (Phi) is 5.85.